The number of halogens is 5. The number of hydrogen-bond acceptors (Lipinski definition) is 6. The van der Waals surface area contributed by atoms with Gasteiger partial charge in [-0.2, -0.15) is 13.2 Å². The molecule has 1 fully saturated rings. The topological polar surface area (TPSA) is 76.6 Å². The highest BCUT2D eigenvalue weighted by Gasteiger charge is 2.44. The standard InChI is InChI=1S/C21H23ClF4N4O3/c1-12(2)19-27-6-5-16(29-19)17-10-30(7-8-32-17)11-18(21(24,25)26)33-20(31)28-13-3-4-14(22)15(23)9-13/h3-6,9,12,17-18H,7-8,10-11H2,1-2H3,(H,28,31)/t17-,18+/m1/s1. The molecule has 1 N–H and O–H groups in total. The zero-order valence-electron chi connectivity index (χ0n) is 17.9. The van der Waals surface area contributed by atoms with Crippen LogP contribution in [0.25, 0.3) is 0 Å². The van der Waals surface area contributed by atoms with Gasteiger partial charge >= 0.3 is 12.3 Å². The van der Waals surface area contributed by atoms with Gasteiger partial charge in [0.2, 0.25) is 6.10 Å². The van der Waals surface area contributed by atoms with Crippen LogP contribution in [0, 0.1) is 5.82 Å². The van der Waals surface area contributed by atoms with Gasteiger partial charge in [-0.3, -0.25) is 10.2 Å². The van der Waals surface area contributed by atoms with Gasteiger partial charge in [-0.15, -0.1) is 0 Å². The molecular formula is C21H23ClF4N4O3. The zero-order chi connectivity index (χ0) is 24.2. The van der Waals surface area contributed by atoms with Crippen LogP contribution in [-0.2, 0) is 9.47 Å². The number of rotatable bonds is 6. The van der Waals surface area contributed by atoms with Gasteiger partial charge in [0.1, 0.15) is 17.7 Å². The van der Waals surface area contributed by atoms with E-state index in [1.54, 1.807) is 12.3 Å². The molecule has 180 valence electrons. The van der Waals surface area contributed by atoms with Gasteiger partial charge in [0.15, 0.2) is 0 Å². The van der Waals surface area contributed by atoms with Crippen molar-refractivity contribution >= 4 is 23.4 Å². The maximum absolute atomic E-state index is 13.6. The van der Waals surface area contributed by atoms with Crippen molar-refractivity contribution in [1.82, 2.24) is 14.9 Å². The third-order valence-corrected chi connectivity index (χ3v) is 5.20. The summed E-state index contributed by atoms with van der Waals surface area (Å²) in [5, 5.41) is 1.89. The van der Waals surface area contributed by atoms with Gasteiger partial charge in [-0.1, -0.05) is 25.4 Å². The second-order valence-corrected chi connectivity index (χ2v) is 8.21. The maximum atomic E-state index is 13.6. The van der Waals surface area contributed by atoms with Crippen molar-refractivity contribution in [2.75, 3.05) is 31.6 Å². The summed E-state index contributed by atoms with van der Waals surface area (Å²) in [4.78, 5) is 22.2. The summed E-state index contributed by atoms with van der Waals surface area (Å²) < 4.78 is 64.6. The normalized spacial score (nSPS) is 18.2. The number of alkyl halides is 3. The first kappa shape index (κ1) is 25.1. The molecule has 0 aliphatic carbocycles. The average Bonchev–Trinajstić information content (AvgIpc) is 2.75. The molecule has 0 saturated carbocycles. The van der Waals surface area contributed by atoms with E-state index in [-0.39, 0.29) is 36.3 Å². The van der Waals surface area contributed by atoms with Gasteiger partial charge < -0.3 is 9.47 Å². The molecule has 1 saturated heterocycles. The fourth-order valence-corrected chi connectivity index (χ4v) is 3.30. The van der Waals surface area contributed by atoms with E-state index in [4.69, 9.17) is 16.3 Å². The summed E-state index contributed by atoms with van der Waals surface area (Å²) in [6.07, 6.45) is -7.52. The van der Waals surface area contributed by atoms with Crippen LogP contribution in [0.3, 0.4) is 0 Å². The first-order chi connectivity index (χ1) is 15.5. The maximum Gasteiger partial charge on any atom is 0.426 e. The minimum Gasteiger partial charge on any atom is -0.435 e. The highest BCUT2D eigenvalue weighted by molar-refractivity contribution is 6.30. The highest BCUT2D eigenvalue weighted by atomic mass is 35.5. The number of amides is 1. The van der Waals surface area contributed by atoms with Gasteiger partial charge in [0.25, 0.3) is 0 Å². The van der Waals surface area contributed by atoms with E-state index >= 15 is 0 Å². The van der Waals surface area contributed by atoms with E-state index in [1.165, 1.54) is 17.0 Å². The lowest BCUT2D eigenvalue weighted by Crippen LogP contribution is -2.48. The van der Waals surface area contributed by atoms with E-state index in [2.05, 4.69) is 20.0 Å². The van der Waals surface area contributed by atoms with E-state index in [9.17, 15) is 22.4 Å². The van der Waals surface area contributed by atoms with Crippen molar-refractivity contribution in [3.8, 4) is 0 Å². The first-order valence-corrected chi connectivity index (χ1v) is 10.6. The van der Waals surface area contributed by atoms with E-state index in [0.717, 1.165) is 6.07 Å². The van der Waals surface area contributed by atoms with Crippen molar-refractivity contribution in [2.45, 2.75) is 38.1 Å². The summed E-state index contributed by atoms with van der Waals surface area (Å²) in [7, 11) is 0. The molecule has 2 atom stereocenters. The second kappa shape index (κ2) is 10.6. The predicted octanol–water partition coefficient (Wildman–Crippen LogP) is 4.95. The minimum absolute atomic E-state index is 0.0836. The molecule has 3 rings (SSSR count). The van der Waals surface area contributed by atoms with E-state index in [1.807, 2.05) is 13.8 Å². The van der Waals surface area contributed by atoms with E-state index in [0.29, 0.717) is 11.5 Å². The molecule has 33 heavy (non-hydrogen) atoms. The molecule has 0 radical (unpaired) electrons. The van der Waals surface area contributed by atoms with Crippen molar-refractivity contribution < 1.29 is 31.8 Å². The molecule has 1 aromatic carbocycles. The Morgan fingerprint density at radius 2 is 2.12 bits per heavy atom. The summed E-state index contributed by atoms with van der Waals surface area (Å²) in [5.74, 6) is -0.133. The lowest BCUT2D eigenvalue weighted by Gasteiger charge is -2.35. The van der Waals surface area contributed by atoms with Crippen LogP contribution >= 0.6 is 11.6 Å². The number of ether oxygens (including phenoxy) is 2. The van der Waals surface area contributed by atoms with Crippen molar-refractivity contribution in [1.29, 1.82) is 0 Å². The fourth-order valence-electron chi connectivity index (χ4n) is 3.19. The number of aromatic nitrogens is 2. The van der Waals surface area contributed by atoms with Gasteiger partial charge in [-0.05, 0) is 24.3 Å². The molecule has 2 aromatic rings. The Morgan fingerprint density at radius 3 is 2.79 bits per heavy atom. The molecule has 1 amide bonds. The van der Waals surface area contributed by atoms with Gasteiger partial charge in [0.05, 0.1) is 17.3 Å². The number of nitrogens with zero attached hydrogens (tertiary/aromatic N) is 3. The van der Waals surface area contributed by atoms with Crippen LogP contribution in [-0.4, -0.2) is 59.5 Å². The highest BCUT2D eigenvalue weighted by Crippen LogP contribution is 2.28. The zero-order valence-corrected chi connectivity index (χ0v) is 18.7. The molecule has 2 heterocycles. The van der Waals surface area contributed by atoms with Crippen molar-refractivity contribution in [3.05, 3.63) is 52.8 Å². The number of morpholine rings is 1. The summed E-state index contributed by atoms with van der Waals surface area (Å²) >= 11 is 5.56. The van der Waals surface area contributed by atoms with Crippen LogP contribution in [0.1, 0.15) is 37.4 Å². The van der Waals surface area contributed by atoms with E-state index < -0.39 is 36.8 Å². The minimum atomic E-state index is -4.81. The number of hydrogen-bond donors (Lipinski definition) is 1. The van der Waals surface area contributed by atoms with Gasteiger partial charge in [0, 0.05) is 37.4 Å². The van der Waals surface area contributed by atoms with Crippen molar-refractivity contribution in [2.24, 2.45) is 0 Å². The third-order valence-electron chi connectivity index (χ3n) is 4.90. The quantitative estimate of drug-likeness (QED) is 0.578. The summed E-state index contributed by atoms with van der Waals surface area (Å²) in [6.45, 7) is 3.82. The number of carbonyl (C=O) groups excluding carboxylic acids is 1. The summed E-state index contributed by atoms with van der Waals surface area (Å²) in [5.41, 5.74) is 0.490. The Kier molecular flexibility index (Phi) is 8.09. The Morgan fingerprint density at radius 1 is 1.36 bits per heavy atom. The molecule has 12 heteroatoms. The van der Waals surface area contributed by atoms with Crippen LogP contribution in [0.5, 0.6) is 0 Å². The lowest BCUT2D eigenvalue weighted by molar-refractivity contribution is -0.209. The molecule has 0 spiro atoms. The Bertz CT molecular complexity index is 977. The largest absolute Gasteiger partial charge is 0.435 e. The molecule has 0 bridgehead atoms. The Labute approximate surface area is 193 Å². The monoisotopic (exact) mass is 490 g/mol. The first-order valence-electron chi connectivity index (χ1n) is 10.2. The molecule has 1 aliphatic rings. The number of carbonyl (C=O) groups is 1. The number of nitrogens with one attached hydrogen (secondary N) is 1. The summed E-state index contributed by atoms with van der Waals surface area (Å²) in [6, 6.07) is 4.96. The molecular weight excluding hydrogens is 468 g/mol. The predicted molar refractivity (Wildman–Crippen MR) is 113 cm³/mol. The van der Waals surface area contributed by atoms with Crippen LogP contribution in [0.2, 0.25) is 5.02 Å². The second-order valence-electron chi connectivity index (χ2n) is 7.80. The SMILES string of the molecule is CC(C)c1nccc([C@H]2CN(C[C@H](OC(=O)Nc3ccc(Cl)c(F)c3)C(F)(F)F)CCO2)n1. The van der Waals surface area contributed by atoms with Gasteiger partial charge in [-0.25, -0.2) is 19.2 Å². The Hall–Kier alpha value is -2.50. The molecule has 7 nitrogen and oxygen atoms in total. The van der Waals surface area contributed by atoms with Crippen LogP contribution in [0.4, 0.5) is 28.0 Å². The molecule has 1 aliphatic heterocycles. The fraction of sp³-hybridized carbons (Fsp3) is 0.476. The van der Waals surface area contributed by atoms with Crippen molar-refractivity contribution in [3.63, 3.8) is 0 Å². The molecule has 1 aromatic heterocycles. The smallest absolute Gasteiger partial charge is 0.426 e. The average molecular weight is 491 g/mol. The van der Waals surface area contributed by atoms with Crippen LogP contribution in [0.15, 0.2) is 30.5 Å². The third kappa shape index (κ3) is 6.99. The lowest BCUT2D eigenvalue weighted by atomic mass is 10.1. The number of anilines is 1. The number of benzene rings is 1. The Balaban J connectivity index is 1.65. The van der Waals surface area contributed by atoms with Crippen LogP contribution < -0.4 is 5.32 Å². The molecule has 0 unspecified atom stereocenters.